The lowest BCUT2D eigenvalue weighted by atomic mass is 10.0. The number of carbonyl (C=O) groups excluding carboxylic acids is 1. The van der Waals surface area contributed by atoms with E-state index in [0.29, 0.717) is 24.5 Å². The van der Waals surface area contributed by atoms with E-state index in [1.165, 1.54) is 57.8 Å². The number of hydrogen-bond acceptors (Lipinski definition) is 7. The van der Waals surface area contributed by atoms with Gasteiger partial charge in [0, 0.05) is 12.0 Å². The highest BCUT2D eigenvalue weighted by Gasteiger charge is 2.43. The molecule has 0 aromatic heterocycles. The summed E-state index contributed by atoms with van der Waals surface area (Å²) in [7, 11) is 0. The summed E-state index contributed by atoms with van der Waals surface area (Å²) >= 11 is 0. The zero-order valence-electron chi connectivity index (χ0n) is 28.0. The first kappa shape index (κ1) is 35.9. The van der Waals surface area contributed by atoms with Crippen LogP contribution >= 0.6 is 0 Å². The van der Waals surface area contributed by atoms with Crippen molar-refractivity contribution in [2.24, 2.45) is 0 Å². The molecule has 254 valence electrons. The minimum atomic E-state index is -0.481. The first-order valence-electron chi connectivity index (χ1n) is 18.7. The molecule has 0 saturated carbocycles. The molecule has 4 heterocycles. The van der Waals surface area contributed by atoms with Gasteiger partial charge in [0.25, 0.3) is 0 Å². The lowest BCUT2D eigenvalue weighted by Crippen LogP contribution is -2.33. The standard InChI is InChI=1S/C37H64O7/c1-3-4-5-6-7-8-9-10-11-15-18-31(39)32-21-22-35(43-32)36-24-23-34(44-36)33-20-19-30(42-33)17-14-12-13-16-29(38)26-28-25-27(2)41-37(28)40/h25,27,29-36,38-39H,3-24,26H2,1-2H3/t27-,29+,30-,31+,32+,33+,34+,35-,36-/m0/s1. The van der Waals surface area contributed by atoms with E-state index in [-0.39, 0.29) is 48.7 Å². The number of ether oxygens (including phenoxy) is 4. The summed E-state index contributed by atoms with van der Waals surface area (Å²) < 4.78 is 24.4. The van der Waals surface area contributed by atoms with Gasteiger partial charge in [0.15, 0.2) is 0 Å². The Morgan fingerprint density at radius 2 is 1.27 bits per heavy atom. The van der Waals surface area contributed by atoms with E-state index in [4.69, 9.17) is 18.9 Å². The molecule has 4 aliphatic rings. The van der Waals surface area contributed by atoms with Crippen LogP contribution < -0.4 is 0 Å². The van der Waals surface area contributed by atoms with E-state index in [2.05, 4.69) is 6.92 Å². The van der Waals surface area contributed by atoms with E-state index in [9.17, 15) is 15.0 Å². The summed E-state index contributed by atoms with van der Waals surface area (Å²) in [6.07, 6.45) is 27.1. The molecule has 0 bridgehead atoms. The van der Waals surface area contributed by atoms with Crippen LogP contribution in [0.3, 0.4) is 0 Å². The smallest absolute Gasteiger partial charge is 0.334 e. The van der Waals surface area contributed by atoms with Gasteiger partial charge in [0.2, 0.25) is 0 Å². The molecule has 7 heteroatoms. The Balaban J connectivity index is 1.00. The lowest BCUT2D eigenvalue weighted by Gasteiger charge is -2.24. The minimum absolute atomic E-state index is 0.0329. The highest BCUT2D eigenvalue weighted by atomic mass is 16.6. The van der Waals surface area contributed by atoms with Gasteiger partial charge < -0.3 is 29.2 Å². The van der Waals surface area contributed by atoms with Crippen molar-refractivity contribution in [3.05, 3.63) is 11.6 Å². The molecule has 4 rings (SSSR count). The van der Waals surface area contributed by atoms with Crippen molar-refractivity contribution >= 4 is 5.97 Å². The van der Waals surface area contributed by atoms with Crippen molar-refractivity contribution in [2.45, 2.75) is 216 Å². The molecule has 7 nitrogen and oxygen atoms in total. The molecule has 0 spiro atoms. The van der Waals surface area contributed by atoms with Crippen LogP contribution in [-0.2, 0) is 23.7 Å². The quantitative estimate of drug-likeness (QED) is 0.0939. The number of esters is 1. The van der Waals surface area contributed by atoms with Gasteiger partial charge in [-0.25, -0.2) is 4.79 Å². The van der Waals surface area contributed by atoms with Gasteiger partial charge in [-0.15, -0.1) is 0 Å². The molecule has 3 fully saturated rings. The third kappa shape index (κ3) is 12.0. The third-order valence-corrected chi connectivity index (χ3v) is 10.4. The normalized spacial score (nSPS) is 31.9. The van der Waals surface area contributed by atoms with Gasteiger partial charge in [-0.1, -0.05) is 90.4 Å². The summed E-state index contributed by atoms with van der Waals surface area (Å²) in [4.78, 5) is 11.7. The topological polar surface area (TPSA) is 94.5 Å². The van der Waals surface area contributed by atoms with Gasteiger partial charge in [-0.3, -0.25) is 0 Å². The van der Waals surface area contributed by atoms with E-state index >= 15 is 0 Å². The SMILES string of the molecule is CCCCCCCCCCCC[C@@H](O)[C@H]1CC[C@@H]([C@@H]2CC[C@H]([C@H]3CC[C@H](CCCCC[C@@H](O)CC4=C[C@H](C)OC4=O)O3)O2)O1. The molecule has 4 aliphatic heterocycles. The number of carbonyl (C=O) groups is 1. The fourth-order valence-corrected chi connectivity index (χ4v) is 7.79. The van der Waals surface area contributed by atoms with Crippen molar-refractivity contribution in [1.82, 2.24) is 0 Å². The maximum atomic E-state index is 11.7. The van der Waals surface area contributed by atoms with Crippen molar-refractivity contribution in [3.8, 4) is 0 Å². The van der Waals surface area contributed by atoms with Crippen molar-refractivity contribution in [3.63, 3.8) is 0 Å². The van der Waals surface area contributed by atoms with Gasteiger partial charge in [-0.05, 0) is 70.8 Å². The molecule has 44 heavy (non-hydrogen) atoms. The van der Waals surface area contributed by atoms with Crippen molar-refractivity contribution < 1.29 is 34.0 Å². The molecular weight excluding hydrogens is 556 g/mol. The fraction of sp³-hybridized carbons (Fsp3) is 0.919. The highest BCUT2D eigenvalue weighted by molar-refractivity contribution is 5.90. The largest absolute Gasteiger partial charge is 0.455 e. The molecular formula is C37H64O7. The fourth-order valence-electron chi connectivity index (χ4n) is 7.79. The zero-order valence-corrected chi connectivity index (χ0v) is 28.0. The van der Waals surface area contributed by atoms with Crippen LogP contribution in [-0.4, -0.2) is 71.1 Å². The Bertz CT molecular complexity index is 846. The first-order chi connectivity index (χ1) is 21.4. The number of aliphatic hydroxyl groups excluding tert-OH is 2. The van der Waals surface area contributed by atoms with E-state index in [1.807, 2.05) is 13.0 Å². The Labute approximate surface area is 267 Å². The zero-order chi connectivity index (χ0) is 31.1. The van der Waals surface area contributed by atoms with Crippen molar-refractivity contribution in [2.75, 3.05) is 0 Å². The minimum Gasteiger partial charge on any atom is -0.455 e. The predicted molar refractivity (Wildman–Crippen MR) is 173 cm³/mol. The number of aliphatic hydroxyl groups is 2. The second kappa shape index (κ2) is 19.6. The average Bonchev–Trinajstić information content (AvgIpc) is 3.81. The molecule has 3 saturated heterocycles. The van der Waals surface area contributed by atoms with Crippen LogP contribution in [0.25, 0.3) is 0 Å². The first-order valence-corrected chi connectivity index (χ1v) is 18.7. The van der Waals surface area contributed by atoms with Crippen LogP contribution in [0.2, 0.25) is 0 Å². The predicted octanol–water partition coefficient (Wildman–Crippen LogP) is 7.87. The Morgan fingerprint density at radius 1 is 0.705 bits per heavy atom. The Morgan fingerprint density at radius 3 is 1.95 bits per heavy atom. The second-order valence-corrected chi connectivity index (χ2v) is 14.3. The lowest BCUT2D eigenvalue weighted by molar-refractivity contribution is -0.139. The second-order valence-electron chi connectivity index (χ2n) is 14.3. The summed E-state index contributed by atoms with van der Waals surface area (Å²) in [5, 5.41) is 21.1. The maximum Gasteiger partial charge on any atom is 0.334 e. The van der Waals surface area contributed by atoms with E-state index in [1.54, 1.807) is 0 Å². The van der Waals surface area contributed by atoms with E-state index < -0.39 is 6.10 Å². The van der Waals surface area contributed by atoms with Gasteiger partial charge >= 0.3 is 5.97 Å². The Kier molecular flexibility index (Phi) is 16.0. The van der Waals surface area contributed by atoms with Gasteiger partial charge in [0.1, 0.15) is 6.10 Å². The molecule has 0 aromatic rings. The van der Waals surface area contributed by atoms with Gasteiger partial charge in [0.05, 0.1) is 48.8 Å². The summed E-state index contributed by atoms with van der Waals surface area (Å²) in [6, 6.07) is 0. The van der Waals surface area contributed by atoms with Gasteiger partial charge in [-0.2, -0.15) is 0 Å². The molecule has 0 aliphatic carbocycles. The maximum absolute atomic E-state index is 11.7. The molecule has 0 radical (unpaired) electrons. The Hall–Kier alpha value is -0.990. The van der Waals surface area contributed by atoms with E-state index in [0.717, 1.165) is 77.0 Å². The third-order valence-electron chi connectivity index (χ3n) is 10.4. The van der Waals surface area contributed by atoms with Crippen LogP contribution in [0.1, 0.15) is 162 Å². The van der Waals surface area contributed by atoms with Crippen LogP contribution in [0, 0.1) is 0 Å². The van der Waals surface area contributed by atoms with Crippen LogP contribution in [0.5, 0.6) is 0 Å². The molecule has 0 amide bonds. The number of cyclic esters (lactones) is 1. The van der Waals surface area contributed by atoms with Crippen LogP contribution in [0.4, 0.5) is 0 Å². The average molecular weight is 621 g/mol. The summed E-state index contributed by atoms with van der Waals surface area (Å²) in [5.74, 6) is -0.282. The van der Waals surface area contributed by atoms with Crippen molar-refractivity contribution in [1.29, 1.82) is 0 Å². The summed E-state index contributed by atoms with van der Waals surface area (Å²) in [5.41, 5.74) is 0.614. The highest BCUT2D eigenvalue weighted by Crippen LogP contribution is 2.37. The summed E-state index contributed by atoms with van der Waals surface area (Å²) in [6.45, 7) is 4.11. The number of unbranched alkanes of at least 4 members (excludes halogenated alkanes) is 11. The molecule has 0 aromatic carbocycles. The molecule has 9 atom stereocenters. The van der Waals surface area contributed by atoms with Crippen LogP contribution in [0.15, 0.2) is 11.6 Å². The monoisotopic (exact) mass is 620 g/mol. The number of rotatable bonds is 22. The molecule has 0 unspecified atom stereocenters. The number of hydrogen-bond donors (Lipinski definition) is 2. The molecule has 2 N–H and O–H groups in total.